The van der Waals surface area contributed by atoms with E-state index in [4.69, 9.17) is 85.9 Å². The van der Waals surface area contributed by atoms with Crippen LogP contribution in [-0.2, 0) is 75.1 Å². The summed E-state index contributed by atoms with van der Waals surface area (Å²) in [6.07, 6.45) is -18.1. The van der Waals surface area contributed by atoms with Gasteiger partial charge in [0, 0.05) is 68.1 Å². The molecule has 0 radical (unpaired) electrons. The number of rotatable bonds is 24. The van der Waals surface area contributed by atoms with Gasteiger partial charge in [0.05, 0.1) is 66.0 Å². The fourth-order valence-corrected chi connectivity index (χ4v) is 17.1. The molecule has 724 valence electrons. The van der Waals surface area contributed by atoms with Crippen LogP contribution in [0.4, 0.5) is 10.2 Å². The minimum atomic E-state index is -2.41. The van der Waals surface area contributed by atoms with E-state index in [1.807, 2.05) is 13.8 Å². The third-order valence-electron chi connectivity index (χ3n) is 23.5. The van der Waals surface area contributed by atoms with E-state index in [2.05, 4.69) is 73.9 Å². The van der Waals surface area contributed by atoms with Gasteiger partial charge in [0.1, 0.15) is 107 Å². The topological polar surface area (TPSA) is 609 Å². The zero-order valence-electron chi connectivity index (χ0n) is 73.0. The number of anilines is 1. The van der Waals surface area contributed by atoms with Crippen LogP contribution in [0.25, 0.3) is 11.1 Å². The number of carbonyl (C=O) groups excluding carboxylic acids is 9. The van der Waals surface area contributed by atoms with Crippen LogP contribution in [0.15, 0.2) is 114 Å². The van der Waals surface area contributed by atoms with E-state index in [1.165, 1.54) is 55.1 Å². The van der Waals surface area contributed by atoms with Crippen molar-refractivity contribution in [1.29, 1.82) is 0 Å². The number of fused-ring (bicyclic) bond motifs is 15. The van der Waals surface area contributed by atoms with Gasteiger partial charge in [0.15, 0.2) is 29.0 Å². The Kier molecular flexibility index (Phi) is 32.7. The van der Waals surface area contributed by atoms with Gasteiger partial charge in [-0.2, -0.15) is 4.98 Å². The predicted octanol–water partition coefficient (Wildman–Crippen LogP) is 1.10. The first kappa shape index (κ1) is 101. The van der Waals surface area contributed by atoms with E-state index >= 15 is 24.0 Å². The van der Waals surface area contributed by atoms with Crippen LogP contribution in [0.3, 0.4) is 0 Å². The molecule has 0 aliphatic carbocycles. The Labute approximate surface area is 790 Å². The molecule has 9 amide bonds. The average Bonchev–Trinajstić information content (AvgIpc) is 0.761. The van der Waals surface area contributed by atoms with E-state index < -0.39 is 259 Å². The molecule has 11 bridgehead atoms. The molecule has 6 aromatic carbocycles. The Hall–Kier alpha value is -11.8. The van der Waals surface area contributed by atoms with E-state index in [1.54, 1.807) is 6.92 Å². The number of nitrogens with zero attached hydrogens (tertiary/aromatic N) is 3. The number of amides is 9. The quantitative estimate of drug-likeness (QED) is 0.0229. The zero-order valence-corrected chi connectivity index (χ0v) is 76.1. The number of primary amides is 1. The van der Waals surface area contributed by atoms with Gasteiger partial charge in [-0.05, 0) is 165 Å². The average molecular weight is 1960 g/mol. The number of aliphatic hydroxyl groups is 6. The number of ether oxygens (including phenoxy) is 7. The van der Waals surface area contributed by atoms with Crippen molar-refractivity contribution in [2.75, 3.05) is 64.9 Å². The highest BCUT2D eigenvalue weighted by atomic mass is 35.5. The van der Waals surface area contributed by atoms with Crippen molar-refractivity contribution in [2.45, 2.75) is 176 Å². The van der Waals surface area contributed by atoms with Crippen molar-refractivity contribution >= 4 is 111 Å². The molecule has 42 nitrogen and oxygen atoms in total. The van der Waals surface area contributed by atoms with Crippen LogP contribution in [0.5, 0.6) is 46.0 Å². The number of phenolic OH excluding ortho intramolecular Hbond substituents is 3. The van der Waals surface area contributed by atoms with Crippen molar-refractivity contribution in [2.24, 2.45) is 11.7 Å². The maximum absolute atomic E-state index is 16.5. The summed E-state index contributed by atoms with van der Waals surface area (Å²) < 4.78 is 60.4. The number of likely N-dealkylation sites (N-methyl/N-ethyl adjacent to an activating group) is 1. The summed E-state index contributed by atoms with van der Waals surface area (Å²) in [5.41, 5.74) is 6.09. The van der Waals surface area contributed by atoms with Crippen LogP contribution in [0.2, 0.25) is 15.1 Å². The molecule has 7 aromatic rings. The highest BCUT2D eigenvalue weighted by Crippen LogP contribution is 2.50. The van der Waals surface area contributed by atoms with Crippen LogP contribution in [-0.4, -0.2) is 257 Å². The van der Waals surface area contributed by atoms with E-state index in [0.717, 1.165) is 72.8 Å². The Bertz CT molecular complexity index is 5720. The number of hydrazine groups is 1. The second-order valence-electron chi connectivity index (χ2n) is 33.7. The molecule has 3 saturated heterocycles. The molecule has 8 aliphatic rings. The highest BCUT2D eigenvalue weighted by molar-refractivity contribution is 7.80. The third-order valence-corrected chi connectivity index (χ3v) is 24.6. The minimum absolute atomic E-state index is 0.0674. The third kappa shape index (κ3) is 24.0. The zero-order chi connectivity index (χ0) is 97.3. The minimum Gasteiger partial charge on any atom is -0.508 e. The number of nitrogens with one attached hydrogen (secondary N) is 12. The number of thiocarbonyl (C=S) groups is 1. The van der Waals surface area contributed by atoms with Crippen molar-refractivity contribution in [1.82, 2.24) is 73.2 Å². The monoisotopic (exact) mass is 1950 g/mol. The highest BCUT2D eigenvalue weighted by Gasteiger charge is 2.53. The van der Waals surface area contributed by atoms with Gasteiger partial charge in [-0.25, -0.2) is 9.18 Å². The lowest BCUT2D eigenvalue weighted by Gasteiger charge is -2.48. The molecule has 47 heteroatoms. The van der Waals surface area contributed by atoms with E-state index in [0.29, 0.717) is 51.4 Å². The SMILES string of the molecule is CN[C@H](CC(C)C)C(=O)N[C@H]1C(=O)N[C@@H](CC(N)=O)C(=O)N[C@H]2C(=O)N[C@H]3C(=O)N[C@H](C(=O)N[C@@H](C(=O)NNC(=S)NCCCN4CCOCC4)c4cc(O)cc(O)c4-c4cc3ccc4O)[C@H](O)c3ccc(c(Cl)c3)Oc3cc2cc(c3O[C@@H]2O[C@H](CO)[C@@H](O)[C@H](O)[C@H]2O[C@H]2C[C@](C)(NCCn3ccc(NC(=O)Cc4ccc(Cl)c(F)c4)nc3=O)[C@H](O)[C@H](C)O2)Oc2ccc(cc2Cl)[C@H]1O. The Morgan fingerprint density at radius 1 is 0.719 bits per heavy atom. The van der Waals surface area contributed by atoms with Gasteiger partial charge < -0.3 is 138 Å². The number of phenols is 3. The van der Waals surface area contributed by atoms with Crippen LogP contribution in [0, 0.1) is 11.7 Å². The van der Waals surface area contributed by atoms with E-state index in [9.17, 15) is 74.3 Å². The molecule has 1 aromatic heterocycles. The Morgan fingerprint density at radius 3 is 2.04 bits per heavy atom. The van der Waals surface area contributed by atoms with Crippen LogP contribution in [0.1, 0.15) is 117 Å². The summed E-state index contributed by atoms with van der Waals surface area (Å²) in [4.78, 5) is 154. The molecule has 0 saturated carbocycles. The molecule has 135 heavy (non-hydrogen) atoms. The number of morpholine rings is 1. The summed E-state index contributed by atoms with van der Waals surface area (Å²) >= 11 is 25.8. The predicted molar refractivity (Wildman–Crippen MR) is 481 cm³/mol. The first-order valence-electron chi connectivity index (χ1n) is 42.9. The summed E-state index contributed by atoms with van der Waals surface area (Å²) in [5, 5.41) is 133. The second kappa shape index (κ2) is 43.9. The number of nitrogens with two attached hydrogens (primary N) is 1. The number of benzene rings is 6. The lowest BCUT2D eigenvalue weighted by molar-refractivity contribution is -0.334. The molecule has 9 heterocycles. The molecule has 3 fully saturated rings. The molecule has 0 spiro atoms. The van der Waals surface area contributed by atoms with Gasteiger partial charge in [0.25, 0.3) is 5.91 Å². The van der Waals surface area contributed by atoms with Crippen molar-refractivity contribution < 1.29 is 127 Å². The first-order chi connectivity index (χ1) is 64.2. The Balaban J connectivity index is 0.923. The molecule has 8 aliphatic heterocycles. The fraction of sp³-hybridized carbons (Fsp3) is 0.432. The number of aliphatic hydroxyl groups excluding tert-OH is 6. The number of aromatic nitrogens is 2. The molecule has 15 rings (SSSR count). The van der Waals surface area contributed by atoms with Gasteiger partial charge >= 0.3 is 5.69 Å². The summed E-state index contributed by atoms with van der Waals surface area (Å²) in [7, 11) is 1.46. The molecular formula is C88H102Cl3FN16O26S. The molecule has 0 unspecified atom stereocenters. The molecule has 23 N–H and O–H groups in total. The smallest absolute Gasteiger partial charge is 0.349 e. The van der Waals surface area contributed by atoms with Crippen LogP contribution < -0.4 is 89.7 Å². The van der Waals surface area contributed by atoms with Gasteiger partial charge in [-0.15, -0.1) is 0 Å². The fourth-order valence-electron chi connectivity index (χ4n) is 16.4. The number of hydrogen-bond acceptors (Lipinski definition) is 31. The maximum atomic E-state index is 16.5. The summed E-state index contributed by atoms with van der Waals surface area (Å²) in [6, 6.07) is 4.57. The van der Waals surface area contributed by atoms with Gasteiger partial charge in [0.2, 0.25) is 59.3 Å². The molecule has 18 atom stereocenters. The number of halogens is 4. The lowest BCUT2D eigenvalue weighted by Crippen LogP contribution is -2.65. The normalized spacial score (nSPS) is 25.6. The number of hydrogen-bond donors (Lipinski definition) is 22. The lowest BCUT2D eigenvalue weighted by atomic mass is 9.85. The van der Waals surface area contributed by atoms with Crippen LogP contribution >= 0.6 is 47.0 Å². The largest absolute Gasteiger partial charge is 0.508 e. The second-order valence-corrected chi connectivity index (χ2v) is 35.3. The number of aromatic hydroxyl groups is 3. The van der Waals surface area contributed by atoms with E-state index in [-0.39, 0.29) is 76.7 Å². The summed E-state index contributed by atoms with van der Waals surface area (Å²) in [5.74, 6) is -17.1. The van der Waals surface area contributed by atoms with Crippen molar-refractivity contribution in [3.63, 3.8) is 0 Å². The van der Waals surface area contributed by atoms with Crippen molar-refractivity contribution in [3.05, 3.63) is 174 Å². The van der Waals surface area contributed by atoms with Crippen molar-refractivity contribution in [3.8, 4) is 57.1 Å². The summed E-state index contributed by atoms with van der Waals surface area (Å²) in [6.45, 7) is 9.01. The van der Waals surface area contributed by atoms with Gasteiger partial charge in [-0.3, -0.25) is 63.5 Å². The Morgan fingerprint density at radius 2 is 1.39 bits per heavy atom. The first-order valence-corrected chi connectivity index (χ1v) is 44.4. The number of carbonyl (C=O) groups is 9. The van der Waals surface area contributed by atoms with Gasteiger partial charge in [-0.1, -0.05) is 72.9 Å². The standard InChI is InChI=1S/C88H102Cl3FN16O26S/c1-38(2)25-52(94-5)78(120)103-69-71(115)42-9-13-56(49(90)29-42)130-58-31-44-32-59(75(58)134-85-76(74(118)73(117)60(37-109)132-85)133-64-36-88(4,77(119)39(3)129-64)96-17-20-108-19-15-62(99-87(108)127)98-63(114)27-40-7-11-48(89)51(92)26-40)131-57-14-10-43(30-50(57)91)72(116)70-83(125)102-68(84(126)105-106-86(135)95-16-6-18-107-21-23-128-24-22-107)47-33-45(110)34-55(112)65(47)46-28-41(8-12-54(46)111)66(80(122)104-70)101-81(123)67(44)100-79(121)53(35-61(93)113)97-82(69)124/h7-15,19,26,28-34,38-39,52-53,60,64,66-74,76-77,85,94,96,109-112,115-119H,6,16-18,20-25,27,35-37H2,1-5H3,(H2,93,113)(H,97,124)(H,100,121)(H,101,123)(H,102,125)(H,103,120)(H,104,122)(H,105,126)(H2,95,106,135)(H,98,99,114,127)/t39-,52+,53-,60+,64-,66+,67+,68+,69+,70-,71+,72+,73+,74-,76+,77+,85-,88-/m0/s1. The maximum Gasteiger partial charge on any atom is 0.349 e. The molecular weight excluding hydrogens is 1850 g/mol.